The maximum atomic E-state index is 12.0. The van der Waals surface area contributed by atoms with Crippen molar-refractivity contribution in [3.63, 3.8) is 0 Å². The minimum Gasteiger partial charge on any atom is -0.386 e. The van der Waals surface area contributed by atoms with Crippen LogP contribution in [0, 0.1) is 5.41 Å². The molecule has 0 bridgehead atoms. The van der Waals surface area contributed by atoms with Crippen molar-refractivity contribution in [3.05, 3.63) is 0 Å². The lowest BCUT2D eigenvalue weighted by molar-refractivity contribution is -0.159. The molecule has 0 spiro atoms. The lowest BCUT2D eigenvalue weighted by Crippen LogP contribution is -2.63. The molecular formula is C12H22N2O2. The molecule has 4 heteroatoms. The molecule has 1 aliphatic carbocycles. The molecule has 0 unspecified atom stereocenters. The van der Waals surface area contributed by atoms with Gasteiger partial charge in [-0.05, 0) is 31.2 Å². The number of hydrogen-bond acceptors (Lipinski definition) is 3. The zero-order valence-electron chi connectivity index (χ0n) is 10.0. The van der Waals surface area contributed by atoms with E-state index < -0.39 is 5.60 Å². The molecule has 1 heterocycles. The lowest BCUT2D eigenvalue weighted by Gasteiger charge is -2.48. The number of nitrogens with two attached hydrogens (primary N) is 1. The van der Waals surface area contributed by atoms with E-state index in [4.69, 9.17) is 5.73 Å². The van der Waals surface area contributed by atoms with Crippen molar-refractivity contribution < 1.29 is 9.90 Å². The second-order valence-corrected chi connectivity index (χ2v) is 5.56. The monoisotopic (exact) mass is 226 g/mol. The Morgan fingerprint density at radius 2 is 2.06 bits per heavy atom. The minimum atomic E-state index is -0.620. The van der Waals surface area contributed by atoms with Gasteiger partial charge in [0.25, 0.3) is 0 Å². The van der Waals surface area contributed by atoms with Crippen LogP contribution < -0.4 is 5.73 Å². The number of likely N-dealkylation sites (tertiary alicyclic amines) is 1. The van der Waals surface area contributed by atoms with Crippen LogP contribution in [-0.2, 0) is 4.79 Å². The molecule has 2 rings (SSSR count). The SMILES string of the molecule is CCC1(O)CN(C(=O)CC2(CN)CCC2)C1. The van der Waals surface area contributed by atoms with Crippen molar-refractivity contribution in [3.8, 4) is 0 Å². The van der Waals surface area contributed by atoms with Crippen molar-refractivity contribution in [2.24, 2.45) is 11.1 Å². The van der Waals surface area contributed by atoms with Gasteiger partial charge in [0.1, 0.15) is 0 Å². The Hall–Kier alpha value is -0.610. The number of rotatable bonds is 4. The van der Waals surface area contributed by atoms with Crippen LogP contribution in [-0.4, -0.2) is 41.1 Å². The first kappa shape index (κ1) is 11.9. The van der Waals surface area contributed by atoms with Crippen LogP contribution in [0.2, 0.25) is 0 Å². The minimum absolute atomic E-state index is 0.0804. The molecule has 1 saturated carbocycles. The molecule has 0 aromatic carbocycles. The Balaban J connectivity index is 1.82. The van der Waals surface area contributed by atoms with Crippen LogP contribution in [0.1, 0.15) is 39.0 Å². The summed E-state index contributed by atoms with van der Waals surface area (Å²) in [7, 11) is 0. The van der Waals surface area contributed by atoms with Crippen molar-refractivity contribution in [1.82, 2.24) is 4.90 Å². The second kappa shape index (κ2) is 4.00. The van der Waals surface area contributed by atoms with Crippen LogP contribution in [0.4, 0.5) is 0 Å². The Bertz CT molecular complexity index is 275. The van der Waals surface area contributed by atoms with Gasteiger partial charge in [-0.15, -0.1) is 0 Å². The molecule has 0 aromatic heterocycles. The molecule has 1 saturated heterocycles. The molecule has 2 aliphatic rings. The third-order valence-electron chi connectivity index (χ3n) is 4.35. The Kier molecular flexibility index (Phi) is 2.97. The number of aliphatic hydroxyl groups is 1. The van der Waals surface area contributed by atoms with E-state index in [1.807, 2.05) is 6.92 Å². The number of β-amino-alcohol motifs (C(OH)–C–C–N with tert-alkyl or cyclic N) is 1. The summed E-state index contributed by atoms with van der Waals surface area (Å²) in [5.74, 6) is 0.170. The highest BCUT2D eigenvalue weighted by molar-refractivity contribution is 5.78. The maximum absolute atomic E-state index is 12.0. The fourth-order valence-corrected chi connectivity index (χ4v) is 2.63. The fraction of sp³-hybridized carbons (Fsp3) is 0.917. The van der Waals surface area contributed by atoms with Crippen LogP contribution in [0.5, 0.6) is 0 Å². The highest BCUT2D eigenvalue weighted by atomic mass is 16.3. The molecule has 0 atom stereocenters. The number of hydrogen-bond donors (Lipinski definition) is 2. The van der Waals surface area contributed by atoms with Gasteiger partial charge in [0.05, 0.1) is 18.7 Å². The van der Waals surface area contributed by atoms with Crippen LogP contribution in [0.3, 0.4) is 0 Å². The molecule has 0 aromatic rings. The van der Waals surface area contributed by atoms with Gasteiger partial charge in [-0.3, -0.25) is 4.79 Å². The summed E-state index contributed by atoms with van der Waals surface area (Å²) in [6.07, 6.45) is 4.66. The lowest BCUT2D eigenvalue weighted by atomic mass is 9.66. The van der Waals surface area contributed by atoms with E-state index in [2.05, 4.69) is 0 Å². The molecule has 4 nitrogen and oxygen atoms in total. The second-order valence-electron chi connectivity index (χ2n) is 5.56. The van der Waals surface area contributed by atoms with Gasteiger partial charge < -0.3 is 15.7 Å². The van der Waals surface area contributed by atoms with E-state index in [0.29, 0.717) is 26.1 Å². The van der Waals surface area contributed by atoms with E-state index in [-0.39, 0.29) is 11.3 Å². The van der Waals surface area contributed by atoms with Crippen LogP contribution in [0.15, 0.2) is 0 Å². The first-order chi connectivity index (χ1) is 7.52. The van der Waals surface area contributed by atoms with E-state index in [1.165, 1.54) is 6.42 Å². The summed E-state index contributed by atoms with van der Waals surface area (Å²) in [5, 5.41) is 9.85. The number of carbonyl (C=O) groups is 1. The van der Waals surface area contributed by atoms with Crippen molar-refractivity contribution in [2.45, 2.75) is 44.6 Å². The summed E-state index contributed by atoms with van der Waals surface area (Å²) in [6, 6.07) is 0. The number of nitrogens with zero attached hydrogens (tertiary/aromatic N) is 1. The smallest absolute Gasteiger partial charge is 0.223 e. The third kappa shape index (κ3) is 1.96. The first-order valence-electron chi connectivity index (χ1n) is 6.23. The maximum Gasteiger partial charge on any atom is 0.223 e. The Labute approximate surface area is 96.8 Å². The van der Waals surface area contributed by atoms with Gasteiger partial charge in [-0.2, -0.15) is 0 Å². The molecule has 1 aliphatic heterocycles. The molecule has 2 fully saturated rings. The van der Waals surface area contributed by atoms with Gasteiger partial charge in [-0.1, -0.05) is 13.3 Å². The molecule has 92 valence electrons. The van der Waals surface area contributed by atoms with E-state index in [0.717, 1.165) is 19.3 Å². The summed E-state index contributed by atoms with van der Waals surface area (Å²) in [6.45, 7) is 3.58. The highest BCUT2D eigenvalue weighted by Crippen LogP contribution is 2.43. The molecule has 1 amide bonds. The standard InChI is InChI=1S/C12H22N2O2/c1-2-12(16)8-14(9-12)10(15)6-11(7-13)4-3-5-11/h16H,2-9,13H2,1H3. The van der Waals surface area contributed by atoms with Crippen LogP contribution in [0.25, 0.3) is 0 Å². The van der Waals surface area contributed by atoms with Gasteiger partial charge in [-0.25, -0.2) is 0 Å². The van der Waals surface area contributed by atoms with Gasteiger partial charge in [0.15, 0.2) is 0 Å². The molecule has 0 radical (unpaired) electrons. The predicted octanol–water partition coefficient (Wildman–Crippen LogP) is 0.489. The Morgan fingerprint density at radius 1 is 1.44 bits per heavy atom. The normalized spacial score (nSPS) is 25.8. The van der Waals surface area contributed by atoms with Gasteiger partial charge in [0.2, 0.25) is 5.91 Å². The van der Waals surface area contributed by atoms with E-state index in [9.17, 15) is 9.90 Å². The van der Waals surface area contributed by atoms with Crippen molar-refractivity contribution in [1.29, 1.82) is 0 Å². The van der Waals surface area contributed by atoms with E-state index in [1.54, 1.807) is 4.90 Å². The summed E-state index contributed by atoms with van der Waals surface area (Å²) < 4.78 is 0. The highest BCUT2D eigenvalue weighted by Gasteiger charge is 2.45. The van der Waals surface area contributed by atoms with Crippen molar-refractivity contribution in [2.75, 3.05) is 19.6 Å². The first-order valence-corrected chi connectivity index (χ1v) is 6.23. The van der Waals surface area contributed by atoms with Gasteiger partial charge in [0, 0.05) is 6.42 Å². The zero-order valence-corrected chi connectivity index (χ0v) is 10.0. The average Bonchev–Trinajstić information content (AvgIpc) is 2.18. The molecular weight excluding hydrogens is 204 g/mol. The van der Waals surface area contributed by atoms with E-state index >= 15 is 0 Å². The average molecular weight is 226 g/mol. The largest absolute Gasteiger partial charge is 0.386 e. The number of amides is 1. The third-order valence-corrected chi connectivity index (χ3v) is 4.35. The van der Waals surface area contributed by atoms with Gasteiger partial charge >= 0.3 is 0 Å². The van der Waals surface area contributed by atoms with Crippen molar-refractivity contribution >= 4 is 5.91 Å². The Morgan fingerprint density at radius 3 is 2.44 bits per heavy atom. The predicted molar refractivity (Wildman–Crippen MR) is 61.8 cm³/mol. The quantitative estimate of drug-likeness (QED) is 0.733. The summed E-state index contributed by atoms with van der Waals surface area (Å²) in [4.78, 5) is 13.7. The van der Waals surface area contributed by atoms with Crippen LogP contribution >= 0.6 is 0 Å². The topological polar surface area (TPSA) is 66.6 Å². The molecule has 3 N–H and O–H groups in total. The summed E-state index contributed by atoms with van der Waals surface area (Å²) in [5.41, 5.74) is 5.20. The zero-order chi connectivity index (χ0) is 11.8. The number of carbonyl (C=O) groups excluding carboxylic acids is 1. The summed E-state index contributed by atoms with van der Waals surface area (Å²) >= 11 is 0. The fourth-order valence-electron chi connectivity index (χ4n) is 2.63. The molecule has 16 heavy (non-hydrogen) atoms.